The third kappa shape index (κ3) is 7.33. The minimum absolute atomic E-state index is 0.246. The molecule has 66 valence electrons. The summed E-state index contributed by atoms with van der Waals surface area (Å²) in [4.78, 5) is 15.2. The van der Waals surface area contributed by atoms with Gasteiger partial charge in [-0.3, -0.25) is 4.79 Å². The molecule has 0 aromatic carbocycles. The summed E-state index contributed by atoms with van der Waals surface area (Å²) in [5.74, 6) is -0.246. The van der Waals surface area contributed by atoms with Crippen LogP contribution in [0.25, 0.3) is 0 Å². The summed E-state index contributed by atoms with van der Waals surface area (Å²) in [7, 11) is 1.77. The molecular weight excluding hydrogens is 142 g/mol. The molecule has 0 aromatic heterocycles. The predicted octanol–water partition coefficient (Wildman–Crippen LogP) is 1.59. The molecule has 3 nitrogen and oxygen atoms in total. The fourth-order valence-electron chi connectivity index (χ4n) is 0.850. The summed E-state index contributed by atoms with van der Waals surface area (Å²) >= 11 is 0. The smallest absolute Gasteiger partial charge is 0.322 e. The molecule has 0 amide bonds. The van der Waals surface area contributed by atoms with Crippen LogP contribution in [-0.2, 0) is 9.63 Å². The van der Waals surface area contributed by atoms with Crippen LogP contribution in [0.5, 0.6) is 0 Å². The number of carbonyl (C=O) groups is 1. The molecule has 0 aliphatic rings. The van der Waals surface area contributed by atoms with Crippen LogP contribution in [-0.4, -0.2) is 24.6 Å². The zero-order valence-electron chi connectivity index (χ0n) is 7.59. The molecule has 0 fully saturated rings. The maximum Gasteiger partial charge on any atom is 0.322 e. The number of rotatable bonds is 5. The fourth-order valence-corrected chi connectivity index (χ4v) is 0.850. The Bertz CT molecular complexity index is 115. The summed E-state index contributed by atoms with van der Waals surface area (Å²) in [6, 6.07) is 0. The van der Waals surface area contributed by atoms with Crippen molar-refractivity contribution < 1.29 is 9.63 Å². The van der Waals surface area contributed by atoms with Crippen LogP contribution >= 0.6 is 0 Å². The second-order valence-corrected chi connectivity index (χ2v) is 2.64. The van der Waals surface area contributed by atoms with Crippen molar-refractivity contribution in [3.05, 3.63) is 0 Å². The van der Waals surface area contributed by atoms with Gasteiger partial charge in [0, 0.05) is 20.5 Å². The monoisotopic (exact) mass is 159 g/mol. The lowest BCUT2D eigenvalue weighted by Crippen LogP contribution is -2.22. The molecular formula is C8H17NO2. The van der Waals surface area contributed by atoms with E-state index in [9.17, 15) is 4.79 Å². The van der Waals surface area contributed by atoms with Crippen molar-refractivity contribution in [1.29, 1.82) is 0 Å². The summed E-state index contributed by atoms with van der Waals surface area (Å²) in [5.41, 5.74) is 0. The number of unbranched alkanes of at least 4 members (excludes halogenated alkanes) is 2. The Hall–Kier alpha value is -0.570. The van der Waals surface area contributed by atoms with Gasteiger partial charge in [-0.05, 0) is 6.42 Å². The van der Waals surface area contributed by atoms with E-state index in [0.717, 1.165) is 13.0 Å². The maximum atomic E-state index is 10.4. The zero-order valence-corrected chi connectivity index (χ0v) is 7.59. The van der Waals surface area contributed by atoms with E-state index in [-0.39, 0.29) is 5.97 Å². The topological polar surface area (TPSA) is 29.5 Å². The van der Waals surface area contributed by atoms with Gasteiger partial charge in [0.05, 0.1) is 0 Å². The highest BCUT2D eigenvalue weighted by molar-refractivity contribution is 5.65. The van der Waals surface area contributed by atoms with Gasteiger partial charge in [-0.15, -0.1) is 5.06 Å². The number of hydrogen-bond acceptors (Lipinski definition) is 3. The van der Waals surface area contributed by atoms with E-state index in [4.69, 9.17) is 4.84 Å². The molecule has 0 heterocycles. The van der Waals surface area contributed by atoms with E-state index in [0.29, 0.717) is 0 Å². The summed E-state index contributed by atoms with van der Waals surface area (Å²) in [6.45, 7) is 4.38. The van der Waals surface area contributed by atoms with Gasteiger partial charge in [0.1, 0.15) is 0 Å². The third-order valence-corrected chi connectivity index (χ3v) is 1.36. The van der Waals surface area contributed by atoms with E-state index in [1.165, 1.54) is 19.8 Å². The normalized spacial score (nSPS) is 10.2. The molecule has 0 aliphatic carbocycles. The highest BCUT2D eigenvalue weighted by Gasteiger charge is 1.99. The van der Waals surface area contributed by atoms with Crippen molar-refractivity contribution >= 4 is 5.97 Å². The van der Waals surface area contributed by atoms with Crippen LogP contribution in [0, 0.1) is 0 Å². The Morgan fingerprint density at radius 1 is 1.45 bits per heavy atom. The van der Waals surface area contributed by atoms with Crippen LogP contribution in [0.1, 0.15) is 33.1 Å². The summed E-state index contributed by atoms with van der Waals surface area (Å²) in [6.07, 6.45) is 3.46. The SMILES string of the molecule is CCCCCN(C)OC(C)=O. The Labute approximate surface area is 68.3 Å². The van der Waals surface area contributed by atoms with Crippen LogP contribution in [0.15, 0.2) is 0 Å². The highest BCUT2D eigenvalue weighted by Crippen LogP contribution is 1.96. The van der Waals surface area contributed by atoms with Crippen LogP contribution in [0.4, 0.5) is 0 Å². The number of hydrogen-bond donors (Lipinski definition) is 0. The van der Waals surface area contributed by atoms with Crippen molar-refractivity contribution in [3.63, 3.8) is 0 Å². The molecule has 0 radical (unpaired) electrons. The van der Waals surface area contributed by atoms with Gasteiger partial charge in [-0.1, -0.05) is 19.8 Å². The highest BCUT2D eigenvalue weighted by atomic mass is 16.7. The lowest BCUT2D eigenvalue weighted by molar-refractivity contribution is -0.181. The number of nitrogens with zero attached hydrogens (tertiary/aromatic N) is 1. The average molecular weight is 159 g/mol. The minimum Gasteiger partial charge on any atom is -0.369 e. The Balaban J connectivity index is 3.22. The minimum atomic E-state index is -0.246. The van der Waals surface area contributed by atoms with E-state index < -0.39 is 0 Å². The molecule has 0 saturated heterocycles. The predicted molar refractivity (Wildman–Crippen MR) is 43.9 cm³/mol. The van der Waals surface area contributed by atoms with Gasteiger partial charge in [0.25, 0.3) is 0 Å². The second-order valence-electron chi connectivity index (χ2n) is 2.64. The molecule has 3 heteroatoms. The molecule has 0 saturated carbocycles. The molecule has 0 bridgehead atoms. The quantitative estimate of drug-likeness (QED) is 0.450. The van der Waals surface area contributed by atoms with E-state index in [1.807, 2.05) is 0 Å². The van der Waals surface area contributed by atoms with Gasteiger partial charge in [-0.25, -0.2) is 0 Å². The Kier molecular flexibility index (Phi) is 5.84. The van der Waals surface area contributed by atoms with Gasteiger partial charge in [0.2, 0.25) is 0 Å². The van der Waals surface area contributed by atoms with E-state index >= 15 is 0 Å². The van der Waals surface area contributed by atoms with Crippen molar-refractivity contribution in [2.75, 3.05) is 13.6 Å². The molecule has 11 heavy (non-hydrogen) atoms. The van der Waals surface area contributed by atoms with Gasteiger partial charge in [-0.2, -0.15) is 0 Å². The number of hydroxylamine groups is 2. The zero-order chi connectivity index (χ0) is 8.69. The lowest BCUT2D eigenvalue weighted by atomic mass is 10.2. The molecule has 0 unspecified atom stereocenters. The first kappa shape index (κ1) is 10.4. The third-order valence-electron chi connectivity index (χ3n) is 1.36. The molecule has 0 aliphatic heterocycles. The van der Waals surface area contributed by atoms with Crippen molar-refractivity contribution in [2.24, 2.45) is 0 Å². The standard InChI is InChI=1S/C8H17NO2/c1-4-5-6-7-9(3)11-8(2)10/h4-7H2,1-3H3. The molecule has 0 aromatic rings. The Morgan fingerprint density at radius 2 is 2.09 bits per heavy atom. The summed E-state index contributed by atoms with van der Waals surface area (Å²) < 4.78 is 0. The lowest BCUT2D eigenvalue weighted by Gasteiger charge is -2.13. The van der Waals surface area contributed by atoms with Gasteiger partial charge < -0.3 is 4.84 Å². The van der Waals surface area contributed by atoms with E-state index in [1.54, 1.807) is 12.1 Å². The molecule has 0 N–H and O–H groups in total. The largest absolute Gasteiger partial charge is 0.369 e. The van der Waals surface area contributed by atoms with Crippen molar-refractivity contribution in [2.45, 2.75) is 33.1 Å². The van der Waals surface area contributed by atoms with Gasteiger partial charge in [0.15, 0.2) is 0 Å². The van der Waals surface area contributed by atoms with Crippen molar-refractivity contribution in [1.82, 2.24) is 5.06 Å². The molecule has 0 atom stereocenters. The van der Waals surface area contributed by atoms with Crippen LogP contribution in [0.2, 0.25) is 0 Å². The van der Waals surface area contributed by atoms with E-state index in [2.05, 4.69) is 6.92 Å². The van der Waals surface area contributed by atoms with Crippen LogP contribution in [0.3, 0.4) is 0 Å². The molecule has 0 spiro atoms. The first-order valence-corrected chi connectivity index (χ1v) is 4.06. The maximum absolute atomic E-state index is 10.4. The first-order valence-electron chi connectivity index (χ1n) is 4.06. The Morgan fingerprint density at radius 3 is 2.55 bits per heavy atom. The fraction of sp³-hybridized carbons (Fsp3) is 0.875. The second kappa shape index (κ2) is 6.16. The van der Waals surface area contributed by atoms with Gasteiger partial charge >= 0.3 is 5.97 Å². The van der Waals surface area contributed by atoms with Crippen LogP contribution < -0.4 is 0 Å². The average Bonchev–Trinajstić information content (AvgIpc) is 1.86. The van der Waals surface area contributed by atoms with Crippen molar-refractivity contribution in [3.8, 4) is 0 Å². The number of carbonyl (C=O) groups excluding carboxylic acids is 1. The first-order chi connectivity index (χ1) is 5.16. The summed E-state index contributed by atoms with van der Waals surface area (Å²) in [5, 5.41) is 1.58. The molecule has 0 rings (SSSR count).